The Labute approximate surface area is 104 Å². The minimum absolute atomic E-state index is 0.501. The highest BCUT2D eigenvalue weighted by Crippen LogP contribution is 2.17. The van der Waals surface area contributed by atoms with Crippen molar-refractivity contribution in [3.05, 3.63) is 38.5 Å². The van der Waals surface area contributed by atoms with Crippen LogP contribution in [0, 0.1) is 6.92 Å². The van der Waals surface area contributed by atoms with Crippen LogP contribution in [0.1, 0.15) is 27.6 Å². The normalized spacial score (nSPS) is 12.9. The van der Waals surface area contributed by atoms with E-state index in [-0.39, 0.29) is 0 Å². The van der Waals surface area contributed by atoms with Crippen LogP contribution in [0.4, 0.5) is 0 Å². The van der Waals surface area contributed by atoms with Crippen LogP contribution in [-0.2, 0) is 6.54 Å². The van der Waals surface area contributed by atoms with Crippen LogP contribution in [-0.4, -0.2) is 11.5 Å². The molecule has 2 rings (SSSR count). The van der Waals surface area contributed by atoms with Gasteiger partial charge in [-0.1, -0.05) is 6.92 Å². The van der Waals surface area contributed by atoms with Crippen LogP contribution in [0.15, 0.2) is 23.7 Å². The monoisotopic (exact) mass is 252 g/mol. The van der Waals surface area contributed by atoms with E-state index in [0.717, 1.165) is 13.1 Å². The molecule has 86 valence electrons. The summed E-state index contributed by atoms with van der Waals surface area (Å²) in [5.74, 6) is 0.501. The number of hydrogen-bond acceptors (Lipinski definition) is 4. The summed E-state index contributed by atoms with van der Waals surface area (Å²) in [4.78, 5) is 7.11. The summed E-state index contributed by atoms with van der Waals surface area (Å²) in [5.41, 5.74) is 0. The molecule has 16 heavy (non-hydrogen) atoms. The van der Waals surface area contributed by atoms with Gasteiger partial charge >= 0.3 is 0 Å². The standard InChI is InChI=1S/C12H16N2S2/c1-9(12-14-5-6-15-12)7-13-8-11-4-3-10(2)16-11/h3-6,9,13H,7-8H2,1-2H3. The van der Waals surface area contributed by atoms with E-state index in [1.54, 1.807) is 11.3 Å². The Morgan fingerprint density at radius 1 is 1.44 bits per heavy atom. The molecule has 0 fully saturated rings. The first-order valence-electron chi connectivity index (χ1n) is 5.41. The van der Waals surface area contributed by atoms with E-state index in [9.17, 15) is 0 Å². The predicted molar refractivity (Wildman–Crippen MR) is 71.3 cm³/mol. The molecule has 0 radical (unpaired) electrons. The number of thiophene rings is 1. The average molecular weight is 252 g/mol. The molecule has 0 saturated carbocycles. The molecule has 0 spiro atoms. The van der Waals surface area contributed by atoms with Gasteiger partial charge in [-0.2, -0.15) is 0 Å². The van der Waals surface area contributed by atoms with Crippen molar-refractivity contribution in [3.63, 3.8) is 0 Å². The summed E-state index contributed by atoms with van der Waals surface area (Å²) in [6.45, 7) is 6.32. The fraction of sp³-hybridized carbons (Fsp3) is 0.417. The van der Waals surface area contributed by atoms with Crippen LogP contribution >= 0.6 is 22.7 Å². The number of rotatable bonds is 5. The first-order valence-corrected chi connectivity index (χ1v) is 7.10. The van der Waals surface area contributed by atoms with Crippen molar-refractivity contribution >= 4 is 22.7 Å². The van der Waals surface area contributed by atoms with Gasteiger partial charge in [0.25, 0.3) is 0 Å². The van der Waals surface area contributed by atoms with Gasteiger partial charge in [-0.25, -0.2) is 4.98 Å². The van der Waals surface area contributed by atoms with E-state index < -0.39 is 0 Å². The van der Waals surface area contributed by atoms with Crippen molar-refractivity contribution in [2.45, 2.75) is 26.3 Å². The lowest BCUT2D eigenvalue weighted by Gasteiger charge is -2.08. The summed E-state index contributed by atoms with van der Waals surface area (Å²) in [7, 11) is 0. The third kappa shape index (κ3) is 3.14. The highest BCUT2D eigenvalue weighted by Gasteiger charge is 2.07. The third-order valence-corrected chi connectivity index (χ3v) is 4.43. The molecule has 2 nitrogen and oxygen atoms in total. The lowest BCUT2D eigenvalue weighted by atomic mass is 10.2. The summed E-state index contributed by atoms with van der Waals surface area (Å²) in [5, 5.41) is 6.73. The van der Waals surface area contributed by atoms with Crippen molar-refractivity contribution in [2.24, 2.45) is 0 Å². The third-order valence-electron chi connectivity index (χ3n) is 2.42. The number of aromatic nitrogens is 1. The Kier molecular flexibility index (Phi) is 4.09. The highest BCUT2D eigenvalue weighted by molar-refractivity contribution is 7.11. The molecule has 0 aliphatic rings. The number of nitrogens with one attached hydrogen (secondary N) is 1. The number of thiazole rings is 1. The van der Waals surface area contributed by atoms with Crippen molar-refractivity contribution < 1.29 is 0 Å². The zero-order valence-electron chi connectivity index (χ0n) is 9.56. The van der Waals surface area contributed by atoms with Gasteiger partial charge in [0.15, 0.2) is 0 Å². The van der Waals surface area contributed by atoms with E-state index in [2.05, 4.69) is 36.3 Å². The van der Waals surface area contributed by atoms with Gasteiger partial charge in [0.05, 0.1) is 5.01 Å². The number of aryl methyl sites for hydroxylation is 1. The van der Waals surface area contributed by atoms with Gasteiger partial charge in [-0.05, 0) is 19.1 Å². The Morgan fingerprint density at radius 2 is 2.31 bits per heavy atom. The smallest absolute Gasteiger partial charge is 0.0965 e. The molecule has 0 bridgehead atoms. The van der Waals surface area contributed by atoms with Gasteiger partial charge in [0, 0.05) is 40.3 Å². The quantitative estimate of drug-likeness (QED) is 0.882. The molecule has 4 heteroatoms. The molecular weight excluding hydrogens is 236 g/mol. The molecule has 0 aliphatic heterocycles. The van der Waals surface area contributed by atoms with E-state index in [4.69, 9.17) is 0 Å². The fourth-order valence-electron chi connectivity index (χ4n) is 1.56. The largest absolute Gasteiger partial charge is 0.311 e. The van der Waals surface area contributed by atoms with Crippen molar-refractivity contribution in [2.75, 3.05) is 6.54 Å². The zero-order valence-corrected chi connectivity index (χ0v) is 11.2. The minimum atomic E-state index is 0.501. The molecule has 1 unspecified atom stereocenters. The lowest BCUT2D eigenvalue weighted by molar-refractivity contribution is 0.616. The van der Waals surface area contributed by atoms with E-state index in [1.165, 1.54) is 14.8 Å². The first-order chi connectivity index (χ1) is 7.75. The molecule has 0 amide bonds. The Morgan fingerprint density at radius 3 is 2.94 bits per heavy atom. The molecular formula is C12H16N2S2. The maximum atomic E-state index is 4.33. The summed E-state index contributed by atoms with van der Waals surface area (Å²) in [6.07, 6.45) is 1.87. The average Bonchev–Trinajstić information content (AvgIpc) is 2.89. The molecule has 1 N–H and O–H groups in total. The number of nitrogens with zero attached hydrogens (tertiary/aromatic N) is 1. The van der Waals surface area contributed by atoms with Crippen LogP contribution in [0.5, 0.6) is 0 Å². The second-order valence-electron chi connectivity index (χ2n) is 3.91. The summed E-state index contributed by atoms with van der Waals surface area (Å²) < 4.78 is 0. The van der Waals surface area contributed by atoms with Crippen molar-refractivity contribution in [3.8, 4) is 0 Å². The van der Waals surface area contributed by atoms with Gasteiger partial charge in [0.2, 0.25) is 0 Å². The predicted octanol–water partition coefficient (Wildman–Crippen LogP) is 3.41. The molecule has 0 aliphatic carbocycles. The Bertz CT molecular complexity index is 420. The molecule has 0 saturated heterocycles. The van der Waals surface area contributed by atoms with Gasteiger partial charge in [-0.15, -0.1) is 22.7 Å². The van der Waals surface area contributed by atoms with Crippen LogP contribution in [0.3, 0.4) is 0 Å². The molecule has 1 atom stereocenters. The second-order valence-corrected chi connectivity index (χ2v) is 6.21. The van der Waals surface area contributed by atoms with E-state index in [1.807, 2.05) is 22.9 Å². The van der Waals surface area contributed by atoms with Crippen LogP contribution in [0.2, 0.25) is 0 Å². The highest BCUT2D eigenvalue weighted by atomic mass is 32.1. The van der Waals surface area contributed by atoms with Crippen LogP contribution in [0.25, 0.3) is 0 Å². The molecule has 2 aromatic rings. The van der Waals surface area contributed by atoms with E-state index in [0.29, 0.717) is 5.92 Å². The Hall–Kier alpha value is -0.710. The summed E-state index contributed by atoms with van der Waals surface area (Å²) >= 11 is 3.59. The maximum absolute atomic E-state index is 4.33. The lowest BCUT2D eigenvalue weighted by Crippen LogP contribution is -2.18. The van der Waals surface area contributed by atoms with Crippen molar-refractivity contribution in [1.82, 2.24) is 10.3 Å². The SMILES string of the molecule is Cc1ccc(CNCC(C)c2nccs2)s1. The second kappa shape index (κ2) is 5.57. The topological polar surface area (TPSA) is 24.9 Å². The number of hydrogen-bond donors (Lipinski definition) is 1. The van der Waals surface area contributed by atoms with E-state index >= 15 is 0 Å². The zero-order chi connectivity index (χ0) is 11.4. The maximum Gasteiger partial charge on any atom is 0.0965 e. The minimum Gasteiger partial charge on any atom is -0.311 e. The molecule has 2 aromatic heterocycles. The fourth-order valence-corrected chi connectivity index (χ4v) is 3.12. The van der Waals surface area contributed by atoms with Gasteiger partial charge in [0.1, 0.15) is 0 Å². The molecule has 2 heterocycles. The first kappa shape index (κ1) is 11.8. The van der Waals surface area contributed by atoms with Gasteiger partial charge in [-0.3, -0.25) is 0 Å². The molecule has 0 aromatic carbocycles. The Balaban J connectivity index is 1.76. The van der Waals surface area contributed by atoms with Gasteiger partial charge < -0.3 is 5.32 Å². The summed E-state index contributed by atoms with van der Waals surface area (Å²) in [6, 6.07) is 4.37. The van der Waals surface area contributed by atoms with Crippen molar-refractivity contribution in [1.29, 1.82) is 0 Å². The van der Waals surface area contributed by atoms with Crippen LogP contribution < -0.4 is 5.32 Å².